The summed E-state index contributed by atoms with van der Waals surface area (Å²) in [6.07, 6.45) is 3.93. The lowest BCUT2D eigenvalue weighted by Gasteiger charge is -2.25. The third-order valence-electron chi connectivity index (χ3n) is 3.36. The Morgan fingerprint density at radius 3 is 2.69 bits per heavy atom. The first-order valence-electron chi connectivity index (χ1n) is 5.32. The number of hydrogen-bond donors (Lipinski definition) is 0. The number of nitrogens with zero attached hydrogens (tertiary/aromatic N) is 2. The molecule has 2 aliphatic heterocycles. The third kappa shape index (κ3) is 2.36. The number of hydrogen-bond acceptors (Lipinski definition) is 2. The second-order valence-corrected chi connectivity index (χ2v) is 5.04. The number of rotatable bonds is 2. The molecule has 2 heterocycles. The van der Waals surface area contributed by atoms with Crippen molar-refractivity contribution in [3.8, 4) is 0 Å². The normalized spacial score (nSPS) is 37.4. The molecule has 0 aromatic rings. The zero-order valence-electron chi connectivity index (χ0n) is 8.38. The van der Waals surface area contributed by atoms with Gasteiger partial charge in [-0.15, -0.1) is 11.6 Å². The molecule has 3 heteroatoms. The van der Waals surface area contributed by atoms with E-state index in [9.17, 15) is 0 Å². The molecule has 0 aromatic heterocycles. The molecule has 2 aliphatic rings. The third-order valence-corrected chi connectivity index (χ3v) is 3.71. The predicted octanol–water partition coefficient (Wildman–Crippen LogP) is 1.39. The van der Waals surface area contributed by atoms with Gasteiger partial charge in [-0.2, -0.15) is 0 Å². The zero-order chi connectivity index (χ0) is 9.26. The van der Waals surface area contributed by atoms with Gasteiger partial charge >= 0.3 is 0 Å². The van der Waals surface area contributed by atoms with Crippen molar-refractivity contribution in [3.05, 3.63) is 0 Å². The maximum Gasteiger partial charge on any atom is 0.0475 e. The summed E-state index contributed by atoms with van der Waals surface area (Å²) >= 11 is 6.07. The van der Waals surface area contributed by atoms with Crippen LogP contribution in [0.2, 0.25) is 0 Å². The van der Waals surface area contributed by atoms with E-state index in [1.165, 1.54) is 38.9 Å². The molecule has 0 amide bonds. The number of halogens is 1. The Balaban J connectivity index is 1.77. The van der Waals surface area contributed by atoms with Crippen molar-refractivity contribution in [2.45, 2.75) is 30.7 Å². The van der Waals surface area contributed by atoms with Gasteiger partial charge in [-0.05, 0) is 39.4 Å². The van der Waals surface area contributed by atoms with Crippen LogP contribution in [0.4, 0.5) is 0 Å². The highest BCUT2D eigenvalue weighted by molar-refractivity contribution is 6.20. The fourth-order valence-electron chi connectivity index (χ4n) is 2.46. The Hall–Kier alpha value is 0.210. The van der Waals surface area contributed by atoms with Crippen molar-refractivity contribution < 1.29 is 0 Å². The van der Waals surface area contributed by atoms with Gasteiger partial charge in [0.05, 0.1) is 0 Å². The minimum Gasteiger partial charge on any atom is -0.302 e. The topological polar surface area (TPSA) is 6.48 Å². The zero-order valence-corrected chi connectivity index (χ0v) is 9.13. The van der Waals surface area contributed by atoms with Gasteiger partial charge in [0.25, 0.3) is 0 Å². The molecular formula is C10H19ClN2. The molecule has 0 radical (unpaired) electrons. The van der Waals surface area contributed by atoms with Crippen molar-refractivity contribution in [1.29, 1.82) is 0 Å². The summed E-state index contributed by atoms with van der Waals surface area (Å²) in [7, 11) is 2.24. The van der Waals surface area contributed by atoms with Crippen LogP contribution in [-0.4, -0.2) is 54.4 Å². The average molecular weight is 203 g/mol. The first-order chi connectivity index (χ1) is 6.25. The van der Waals surface area contributed by atoms with Crippen molar-refractivity contribution >= 4 is 11.6 Å². The summed E-state index contributed by atoms with van der Waals surface area (Å²) in [6, 6.07) is 0.793. The SMILES string of the molecule is CN1CCCC1CN1CCC(Cl)C1. The van der Waals surface area contributed by atoms with Gasteiger partial charge in [0.15, 0.2) is 0 Å². The maximum absolute atomic E-state index is 6.07. The fraction of sp³-hybridized carbons (Fsp3) is 1.00. The molecule has 0 aliphatic carbocycles. The predicted molar refractivity (Wildman–Crippen MR) is 56.4 cm³/mol. The molecule has 2 rings (SSSR count). The van der Waals surface area contributed by atoms with E-state index in [1.807, 2.05) is 0 Å². The van der Waals surface area contributed by atoms with Gasteiger partial charge in [0.2, 0.25) is 0 Å². The minimum absolute atomic E-state index is 0.409. The van der Waals surface area contributed by atoms with E-state index >= 15 is 0 Å². The average Bonchev–Trinajstić information content (AvgIpc) is 2.64. The van der Waals surface area contributed by atoms with Crippen LogP contribution in [0.5, 0.6) is 0 Å². The Morgan fingerprint density at radius 2 is 2.15 bits per heavy atom. The quantitative estimate of drug-likeness (QED) is 0.625. The minimum atomic E-state index is 0.409. The summed E-state index contributed by atoms with van der Waals surface area (Å²) in [5.41, 5.74) is 0. The lowest BCUT2D eigenvalue weighted by Crippen LogP contribution is -2.37. The highest BCUT2D eigenvalue weighted by Crippen LogP contribution is 2.20. The van der Waals surface area contributed by atoms with Crippen LogP contribution < -0.4 is 0 Å². The standard InChI is InChI=1S/C10H19ClN2/c1-12-5-2-3-10(12)8-13-6-4-9(11)7-13/h9-10H,2-8H2,1H3. The van der Waals surface area contributed by atoms with Crippen molar-refractivity contribution in [2.75, 3.05) is 33.2 Å². The molecule has 2 nitrogen and oxygen atoms in total. The van der Waals surface area contributed by atoms with Crippen LogP contribution in [0.15, 0.2) is 0 Å². The van der Waals surface area contributed by atoms with E-state index in [-0.39, 0.29) is 0 Å². The van der Waals surface area contributed by atoms with E-state index in [4.69, 9.17) is 11.6 Å². The summed E-state index contributed by atoms with van der Waals surface area (Å²) in [4.78, 5) is 5.01. The van der Waals surface area contributed by atoms with Crippen molar-refractivity contribution in [2.24, 2.45) is 0 Å². The van der Waals surface area contributed by atoms with E-state index in [1.54, 1.807) is 0 Å². The Morgan fingerprint density at radius 1 is 1.31 bits per heavy atom. The van der Waals surface area contributed by atoms with Crippen LogP contribution >= 0.6 is 11.6 Å². The lowest BCUT2D eigenvalue weighted by atomic mass is 10.2. The summed E-state index contributed by atoms with van der Waals surface area (Å²) in [5.74, 6) is 0. The van der Waals surface area contributed by atoms with E-state index in [0.717, 1.165) is 12.6 Å². The van der Waals surface area contributed by atoms with Crippen LogP contribution in [0, 0.1) is 0 Å². The van der Waals surface area contributed by atoms with Crippen LogP contribution in [0.25, 0.3) is 0 Å². The van der Waals surface area contributed by atoms with E-state index in [2.05, 4.69) is 16.8 Å². The van der Waals surface area contributed by atoms with Gasteiger partial charge < -0.3 is 9.80 Å². The molecular weight excluding hydrogens is 184 g/mol. The number of alkyl halides is 1. The van der Waals surface area contributed by atoms with Crippen LogP contribution in [0.1, 0.15) is 19.3 Å². The molecule has 0 spiro atoms. The highest BCUT2D eigenvalue weighted by atomic mass is 35.5. The number of likely N-dealkylation sites (N-methyl/N-ethyl adjacent to an activating group) is 1. The summed E-state index contributed by atoms with van der Waals surface area (Å²) in [5, 5.41) is 0.409. The van der Waals surface area contributed by atoms with E-state index in [0.29, 0.717) is 5.38 Å². The molecule has 76 valence electrons. The van der Waals surface area contributed by atoms with Gasteiger partial charge in [0.1, 0.15) is 0 Å². The Kier molecular flexibility index (Phi) is 3.12. The van der Waals surface area contributed by atoms with Crippen LogP contribution in [0.3, 0.4) is 0 Å². The first-order valence-corrected chi connectivity index (χ1v) is 5.76. The fourth-order valence-corrected chi connectivity index (χ4v) is 2.75. The van der Waals surface area contributed by atoms with Gasteiger partial charge in [-0.25, -0.2) is 0 Å². The summed E-state index contributed by atoms with van der Waals surface area (Å²) < 4.78 is 0. The molecule has 13 heavy (non-hydrogen) atoms. The number of likely N-dealkylation sites (tertiary alicyclic amines) is 2. The Bertz CT molecular complexity index is 174. The largest absolute Gasteiger partial charge is 0.302 e. The van der Waals surface area contributed by atoms with Crippen molar-refractivity contribution in [1.82, 2.24) is 9.80 Å². The monoisotopic (exact) mass is 202 g/mol. The molecule has 2 unspecified atom stereocenters. The molecule has 0 saturated carbocycles. The second kappa shape index (κ2) is 4.16. The Labute approximate surface area is 85.8 Å². The highest BCUT2D eigenvalue weighted by Gasteiger charge is 2.27. The van der Waals surface area contributed by atoms with Gasteiger partial charge in [-0.3, -0.25) is 0 Å². The molecule has 2 saturated heterocycles. The molecule has 0 N–H and O–H groups in total. The first kappa shape index (κ1) is 9.75. The molecule has 0 aromatic carbocycles. The molecule has 0 bridgehead atoms. The van der Waals surface area contributed by atoms with Gasteiger partial charge in [-0.1, -0.05) is 0 Å². The molecule has 2 atom stereocenters. The summed E-state index contributed by atoms with van der Waals surface area (Å²) in [6.45, 7) is 4.83. The second-order valence-electron chi connectivity index (χ2n) is 4.42. The molecule has 2 fully saturated rings. The lowest BCUT2D eigenvalue weighted by molar-refractivity contribution is 0.220. The van der Waals surface area contributed by atoms with Gasteiger partial charge in [0, 0.05) is 24.5 Å². The maximum atomic E-state index is 6.07. The van der Waals surface area contributed by atoms with Crippen molar-refractivity contribution in [3.63, 3.8) is 0 Å². The smallest absolute Gasteiger partial charge is 0.0475 e. The van der Waals surface area contributed by atoms with E-state index < -0.39 is 0 Å². The van der Waals surface area contributed by atoms with Crippen LogP contribution in [-0.2, 0) is 0 Å².